The maximum Gasteiger partial charge on any atom is 0.336 e. The van der Waals surface area contributed by atoms with Gasteiger partial charge in [0, 0.05) is 0 Å². The zero-order valence-corrected chi connectivity index (χ0v) is 11.0. The molecule has 6 heteroatoms. The van der Waals surface area contributed by atoms with Crippen molar-refractivity contribution in [2.24, 2.45) is 0 Å². The summed E-state index contributed by atoms with van der Waals surface area (Å²) in [5, 5.41) is 0. The monoisotopic (exact) mass is 262 g/mol. The zero-order chi connectivity index (χ0) is 12.9. The predicted octanol–water partition coefficient (Wildman–Crippen LogP) is 1.39. The minimum atomic E-state index is -3.57. The van der Waals surface area contributed by atoms with Gasteiger partial charge in [-0.1, -0.05) is 26.2 Å². The molecule has 0 aliphatic carbocycles. The second-order valence-electron chi connectivity index (χ2n) is 4.04. The van der Waals surface area contributed by atoms with E-state index in [4.69, 9.17) is 8.92 Å². The number of ether oxygens (including phenoxy) is 1. The molecule has 0 bridgehead atoms. The first-order chi connectivity index (χ1) is 7.94. The van der Waals surface area contributed by atoms with Gasteiger partial charge >= 0.3 is 5.97 Å². The first-order valence-corrected chi connectivity index (χ1v) is 7.51. The largest absolute Gasteiger partial charge is 0.458 e. The van der Waals surface area contributed by atoms with Gasteiger partial charge in [0.05, 0.1) is 11.8 Å². The van der Waals surface area contributed by atoms with Gasteiger partial charge < -0.3 is 4.74 Å². The Morgan fingerprint density at radius 3 is 2.65 bits per heavy atom. The van der Waals surface area contributed by atoms with Gasteiger partial charge in [-0.05, 0) is 12.5 Å². The molecule has 98 valence electrons. The minimum Gasteiger partial charge on any atom is -0.458 e. The van der Waals surface area contributed by atoms with Crippen molar-refractivity contribution >= 4 is 16.1 Å². The molecule has 17 heavy (non-hydrogen) atoms. The van der Waals surface area contributed by atoms with Crippen molar-refractivity contribution in [3.05, 3.63) is 11.6 Å². The van der Waals surface area contributed by atoms with Crippen LogP contribution in [0.15, 0.2) is 11.6 Å². The molecule has 0 aromatic heterocycles. The van der Waals surface area contributed by atoms with Crippen LogP contribution in [0.1, 0.15) is 32.6 Å². The first-order valence-electron chi connectivity index (χ1n) is 5.69. The molecule has 0 aromatic carbocycles. The van der Waals surface area contributed by atoms with E-state index in [1.165, 1.54) is 0 Å². The van der Waals surface area contributed by atoms with E-state index in [0.29, 0.717) is 12.0 Å². The summed E-state index contributed by atoms with van der Waals surface area (Å²) in [6.45, 7) is 2.25. The van der Waals surface area contributed by atoms with Gasteiger partial charge in [-0.15, -0.1) is 0 Å². The Hall–Kier alpha value is -0.880. The van der Waals surface area contributed by atoms with Gasteiger partial charge in [0.15, 0.2) is 0 Å². The van der Waals surface area contributed by atoms with Crippen molar-refractivity contribution in [1.29, 1.82) is 0 Å². The van der Waals surface area contributed by atoms with Crippen molar-refractivity contribution in [3.8, 4) is 0 Å². The number of carbonyl (C=O) groups is 1. The molecule has 5 nitrogen and oxygen atoms in total. The van der Waals surface area contributed by atoms with E-state index < -0.39 is 22.2 Å². The van der Waals surface area contributed by atoms with Crippen molar-refractivity contribution in [1.82, 2.24) is 0 Å². The fourth-order valence-electron chi connectivity index (χ4n) is 1.68. The van der Waals surface area contributed by atoms with Crippen LogP contribution in [-0.4, -0.2) is 33.4 Å². The summed E-state index contributed by atoms with van der Waals surface area (Å²) in [6, 6.07) is 0. The lowest BCUT2D eigenvalue weighted by atomic mass is 10.0. The average molecular weight is 262 g/mol. The Labute approximate surface area is 102 Å². The summed E-state index contributed by atoms with van der Waals surface area (Å²) in [7, 11) is -3.57. The van der Waals surface area contributed by atoms with Crippen LogP contribution >= 0.6 is 0 Å². The zero-order valence-electron chi connectivity index (χ0n) is 10.1. The van der Waals surface area contributed by atoms with Gasteiger partial charge in [-0.25, -0.2) is 4.79 Å². The standard InChI is InChI=1S/C11H18O5S/c1-3-4-5-6-10(16-17(2,13)14)9-7-8-15-11(9)12/h7,10H,3-6,8H2,1-2H3. The van der Waals surface area contributed by atoms with Crippen molar-refractivity contribution < 1.29 is 22.1 Å². The van der Waals surface area contributed by atoms with Gasteiger partial charge in [0.25, 0.3) is 10.1 Å². The Kier molecular flexibility index (Phi) is 5.14. The van der Waals surface area contributed by atoms with Crippen LogP contribution in [0, 0.1) is 0 Å². The third-order valence-electron chi connectivity index (χ3n) is 2.46. The van der Waals surface area contributed by atoms with Crippen LogP contribution in [0.5, 0.6) is 0 Å². The normalized spacial score (nSPS) is 17.8. The van der Waals surface area contributed by atoms with Crippen LogP contribution in [0.25, 0.3) is 0 Å². The van der Waals surface area contributed by atoms with Crippen molar-refractivity contribution in [3.63, 3.8) is 0 Å². The predicted molar refractivity (Wildman–Crippen MR) is 62.9 cm³/mol. The highest BCUT2D eigenvalue weighted by Crippen LogP contribution is 2.21. The molecule has 1 rings (SSSR count). The summed E-state index contributed by atoms with van der Waals surface area (Å²) in [5.41, 5.74) is 0.325. The van der Waals surface area contributed by atoms with Crippen molar-refractivity contribution in [2.75, 3.05) is 12.9 Å². The van der Waals surface area contributed by atoms with E-state index in [1.807, 2.05) is 0 Å². The number of carbonyl (C=O) groups excluding carboxylic acids is 1. The van der Waals surface area contributed by atoms with Crippen LogP contribution < -0.4 is 0 Å². The number of hydrogen-bond acceptors (Lipinski definition) is 5. The Bertz CT molecular complexity index is 396. The topological polar surface area (TPSA) is 69.7 Å². The van der Waals surface area contributed by atoms with Gasteiger partial charge in [-0.2, -0.15) is 8.42 Å². The van der Waals surface area contributed by atoms with E-state index in [1.54, 1.807) is 6.08 Å². The molecule has 0 saturated carbocycles. The molecule has 0 spiro atoms. The summed E-state index contributed by atoms with van der Waals surface area (Å²) in [6.07, 6.45) is 5.21. The third kappa shape index (κ3) is 4.87. The molecule has 0 radical (unpaired) electrons. The van der Waals surface area contributed by atoms with E-state index >= 15 is 0 Å². The lowest BCUT2D eigenvalue weighted by Gasteiger charge is -2.15. The third-order valence-corrected chi connectivity index (χ3v) is 3.04. The lowest BCUT2D eigenvalue weighted by molar-refractivity contribution is -0.136. The van der Waals surface area contributed by atoms with E-state index in [9.17, 15) is 13.2 Å². The summed E-state index contributed by atoms with van der Waals surface area (Å²) in [5.74, 6) is -0.477. The quantitative estimate of drug-likeness (QED) is 0.394. The Balaban J connectivity index is 2.68. The summed E-state index contributed by atoms with van der Waals surface area (Å²) in [4.78, 5) is 11.4. The number of cyclic esters (lactones) is 1. The molecule has 0 saturated heterocycles. The van der Waals surface area contributed by atoms with Crippen LogP contribution in [0.4, 0.5) is 0 Å². The minimum absolute atomic E-state index is 0.200. The summed E-state index contributed by atoms with van der Waals surface area (Å²) >= 11 is 0. The molecule has 1 unspecified atom stereocenters. The number of rotatable bonds is 7. The van der Waals surface area contributed by atoms with Gasteiger partial charge in [0.1, 0.15) is 12.7 Å². The highest BCUT2D eigenvalue weighted by Gasteiger charge is 2.28. The van der Waals surface area contributed by atoms with Crippen LogP contribution in [0.3, 0.4) is 0 Å². The van der Waals surface area contributed by atoms with E-state index in [0.717, 1.165) is 25.5 Å². The van der Waals surface area contributed by atoms with Crippen LogP contribution in [0.2, 0.25) is 0 Å². The number of hydrogen-bond donors (Lipinski definition) is 0. The maximum atomic E-state index is 11.4. The van der Waals surface area contributed by atoms with Gasteiger partial charge in [-0.3, -0.25) is 4.18 Å². The van der Waals surface area contributed by atoms with E-state index in [-0.39, 0.29) is 6.61 Å². The molecule has 0 aromatic rings. The maximum absolute atomic E-state index is 11.4. The molecule has 0 fully saturated rings. The number of unbranched alkanes of at least 4 members (excludes halogenated alkanes) is 2. The summed E-state index contributed by atoms with van der Waals surface area (Å²) < 4.78 is 32.0. The molecule has 1 atom stereocenters. The van der Waals surface area contributed by atoms with Crippen LogP contribution in [-0.2, 0) is 23.8 Å². The highest BCUT2D eigenvalue weighted by molar-refractivity contribution is 7.86. The fourth-order valence-corrected chi connectivity index (χ4v) is 2.30. The molecule has 0 N–H and O–H groups in total. The molecule has 1 aliphatic rings. The average Bonchev–Trinajstić information content (AvgIpc) is 2.61. The molecule has 1 heterocycles. The second-order valence-corrected chi connectivity index (χ2v) is 5.64. The first kappa shape index (κ1) is 14.2. The molecular weight excluding hydrogens is 244 g/mol. The second kappa shape index (κ2) is 6.16. The fraction of sp³-hybridized carbons (Fsp3) is 0.727. The molecule has 1 aliphatic heterocycles. The molecular formula is C11H18O5S. The smallest absolute Gasteiger partial charge is 0.336 e. The Morgan fingerprint density at radius 1 is 1.47 bits per heavy atom. The lowest BCUT2D eigenvalue weighted by Crippen LogP contribution is -2.23. The van der Waals surface area contributed by atoms with Gasteiger partial charge in [0.2, 0.25) is 0 Å². The van der Waals surface area contributed by atoms with Crippen molar-refractivity contribution in [2.45, 2.75) is 38.7 Å². The highest BCUT2D eigenvalue weighted by atomic mass is 32.2. The molecule has 0 amide bonds. The SMILES string of the molecule is CCCCCC(OS(C)(=O)=O)C1=CCOC1=O. The number of esters is 1. The Morgan fingerprint density at radius 2 is 2.18 bits per heavy atom. The van der Waals surface area contributed by atoms with E-state index in [2.05, 4.69) is 6.92 Å².